The van der Waals surface area contributed by atoms with Crippen molar-refractivity contribution >= 4 is 5.69 Å². The zero-order valence-electron chi connectivity index (χ0n) is 16.5. The van der Waals surface area contributed by atoms with Crippen molar-refractivity contribution in [2.24, 2.45) is 0 Å². The molecule has 2 bridgehead atoms. The quantitative estimate of drug-likeness (QED) is 0.672. The molecule has 0 radical (unpaired) electrons. The fraction of sp³-hybridized carbons (Fsp3) is 0.429. The first-order chi connectivity index (χ1) is 14.1. The number of nitrogens with zero attached hydrogens (tertiary/aromatic N) is 5. The third-order valence-electron chi connectivity index (χ3n) is 5.74. The molecule has 0 aliphatic carbocycles. The first-order valence-corrected chi connectivity index (χ1v) is 9.92. The number of rotatable bonds is 4. The highest BCUT2D eigenvalue weighted by molar-refractivity contribution is 5.62. The molecule has 0 N–H and O–H groups in total. The molecule has 29 heavy (non-hydrogen) atoms. The number of aryl methyl sites for hydroxylation is 2. The molecule has 5 rings (SSSR count). The Morgan fingerprint density at radius 3 is 2.62 bits per heavy atom. The van der Waals surface area contributed by atoms with Crippen LogP contribution in [0, 0.1) is 13.8 Å². The summed E-state index contributed by atoms with van der Waals surface area (Å²) in [4.78, 5) is 19.3. The number of aromatic nitrogens is 4. The van der Waals surface area contributed by atoms with Gasteiger partial charge in [0.2, 0.25) is 0 Å². The predicted octanol–water partition coefficient (Wildman–Crippen LogP) is 2.33. The second kappa shape index (κ2) is 7.11. The van der Waals surface area contributed by atoms with Gasteiger partial charge < -0.3 is 14.2 Å². The van der Waals surface area contributed by atoms with Crippen molar-refractivity contribution in [3.8, 4) is 11.3 Å². The molecule has 0 amide bonds. The first kappa shape index (κ1) is 18.1. The zero-order valence-corrected chi connectivity index (χ0v) is 16.5. The van der Waals surface area contributed by atoms with E-state index in [2.05, 4.69) is 20.1 Å². The summed E-state index contributed by atoms with van der Waals surface area (Å²) in [6.45, 7) is 5.71. The van der Waals surface area contributed by atoms with Gasteiger partial charge in [0.05, 0.1) is 30.6 Å². The SMILES string of the molecule is Cc1ccc(-c2noc(C)c2Cn2ncc(N3C[C@H]4CC[C@@H](C3)O4)cc2=O)cn1. The highest BCUT2D eigenvalue weighted by Crippen LogP contribution is 2.29. The van der Waals surface area contributed by atoms with Crippen LogP contribution >= 0.6 is 0 Å². The lowest BCUT2D eigenvalue weighted by Gasteiger charge is -2.33. The largest absolute Gasteiger partial charge is 0.371 e. The maximum Gasteiger partial charge on any atom is 0.269 e. The summed E-state index contributed by atoms with van der Waals surface area (Å²) in [5.41, 5.74) is 4.03. The highest BCUT2D eigenvalue weighted by Gasteiger charge is 2.34. The van der Waals surface area contributed by atoms with Crippen molar-refractivity contribution in [1.29, 1.82) is 0 Å². The van der Waals surface area contributed by atoms with E-state index in [0.29, 0.717) is 18.0 Å². The smallest absolute Gasteiger partial charge is 0.269 e. The summed E-state index contributed by atoms with van der Waals surface area (Å²) in [6.07, 6.45) is 6.25. The fourth-order valence-electron chi connectivity index (χ4n) is 4.10. The number of pyridine rings is 1. The van der Waals surface area contributed by atoms with Crippen molar-refractivity contribution in [3.05, 3.63) is 58.0 Å². The third kappa shape index (κ3) is 3.44. The molecule has 5 heterocycles. The molecule has 2 atom stereocenters. The minimum Gasteiger partial charge on any atom is -0.371 e. The van der Waals surface area contributed by atoms with Crippen LogP contribution in [0.25, 0.3) is 11.3 Å². The molecule has 0 unspecified atom stereocenters. The van der Waals surface area contributed by atoms with Gasteiger partial charge in [-0.2, -0.15) is 5.10 Å². The Morgan fingerprint density at radius 1 is 1.14 bits per heavy atom. The van der Waals surface area contributed by atoms with Gasteiger partial charge in [0, 0.05) is 42.2 Å². The number of morpholine rings is 1. The van der Waals surface area contributed by atoms with Crippen molar-refractivity contribution < 1.29 is 9.26 Å². The van der Waals surface area contributed by atoms with Gasteiger partial charge >= 0.3 is 0 Å². The summed E-state index contributed by atoms with van der Waals surface area (Å²) in [5, 5.41) is 8.60. The van der Waals surface area contributed by atoms with Crippen LogP contribution in [0.1, 0.15) is 29.9 Å². The second-order valence-corrected chi connectivity index (χ2v) is 7.83. The lowest BCUT2D eigenvalue weighted by atomic mass is 10.1. The van der Waals surface area contributed by atoms with Crippen molar-refractivity contribution in [3.63, 3.8) is 0 Å². The minimum absolute atomic E-state index is 0.144. The van der Waals surface area contributed by atoms with Gasteiger partial charge in [-0.25, -0.2) is 4.68 Å². The van der Waals surface area contributed by atoms with Crippen LogP contribution in [0.4, 0.5) is 5.69 Å². The van der Waals surface area contributed by atoms with Crippen LogP contribution in [-0.2, 0) is 11.3 Å². The molecular formula is C21H23N5O3. The standard InChI is InChI=1S/C21H23N5O3/c1-13-3-4-15(8-22-13)21-19(14(2)29-24-21)12-26-20(27)7-16(9-23-26)25-10-17-5-6-18(11-25)28-17/h3-4,7-9,17-18H,5-6,10-12H2,1-2H3/t17-,18+. The lowest BCUT2D eigenvalue weighted by Crippen LogP contribution is -2.43. The van der Waals surface area contributed by atoms with E-state index >= 15 is 0 Å². The Bertz CT molecular complexity index is 1080. The summed E-state index contributed by atoms with van der Waals surface area (Å²) in [6, 6.07) is 5.54. The lowest BCUT2D eigenvalue weighted by molar-refractivity contribution is 0.0304. The van der Waals surface area contributed by atoms with E-state index in [1.807, 2.05) is 26.0 Å². The van der Waals surface area contributed by atoms with Crippen LogP contribution in [-0.4, -0.2) is 45.2 Å². The molecule has 0 aromatic carbocycles. The zero-order chi connectivity index (χ0) is 20.0. The van der Waals surface area contributed by atoms with Crippen LogP contribution in [0.15, 0.2) is 39.9 Å². The van der Waals surface area contributed by atoms with E-state index in [9.17, 15) is 4.79 Å². The van der Waals surface area contributed by atoms with E-state index in [0.717, 1.165) is 48.4 Å². The molecule has 150 valence electrons. The molecule has 2 saturated heterocycles. The maximum atomic E-state index is 12.8. The third-order valence-corrected chi connectivity index (χ3v) is 5.74. The number of fused-ring (bicyclic) bond motifs is 2. The molecular weight excluding hydrogens is 370 g/mol. The molecule has 0 spiro atoms. The molecule has 8 nitrogen and oxygen atoms in total. The van der Waals surface area contributed by atoms with E-state index in [1.54, 1.807) is 18.5 Å². The van der Waals surface area contributed by atoms with E-state index in [-0.39, 0.29) is 17.8 Å². The average Bonchev–Trinajstić information content (AvgIpc) is 3.25. The molecule has 2 fully saturated rings. The van der Waals surface area contributed by atoms with Gasteiger partial charge in [-0.05, 0) is 38.8 Å². The summed E-state index contributed by atoms with van der Waals surface area (Å²) in [7, 11) is 0. The number of hydrogen-bond acceptors (Lipinski definition) is 7. The van der Waals surface area contributed by atoms with E-state index < -0.39 is 0 Å². The van der Waals surface area contributed by atoms with Crippen molar-refractivity contribution in [2.75, 3.05) is 18.0 Å². The first-order valence-electron chi connectivity index (χ1n) is 9.92. The Labute approximate surface area is 168 Å². The molecule has 0 saturated carbocycles. The van der Waals surface area contributed by atoms with Gasteiger partial charge in [-0.1, -0.05) is 5.16 Å². The minimum atomic E-state index is -0.144. The molecule has 2 aliphatic heterocycles. The average molecular weight is 393 g/mol. The predicted molar refractivity (Wildman–Crippen MR) is 107 cm³/mol. The molecule has 2 aliphatic rings. The van der Waals surface area contributed by atoms with Gasteiger partial charge in [0.15, 0.2) is 0 Å². The second-order valence-electron chi connectivity index (χ2n) is 7.83. The number of hydrogen-bond donors (Lipinski definition) is 0. The van der Waals surface area contributed by atoms with E-state index in [4.69, 9.17) is 9.26 Å². The van der Waals surface area contributed by atoms with Crippen LogP contribution < -0.4 is 10.5 Å². The Hall–Kier alpha value is -3.00. The summed E-state index contributed by atoms with van der Waals surface area (Å²) in [5.74, 6) is 0.670. The molecule has 3 aromatic rings. The van der Waals surface area contributed by atoms with Crippen molar-refractivity contribution in [1.82, 2.24) is 19.9 Å². The Kier molecular flexibility index (Phi) is 4.43. The van der Waals surface area contributed by atoms with Crippen molar-refractivity contribution in [2.45, 2.75) is 45.4 Å². The van der Waals surface area contributed by atoms with Gasteiger partial charge in [-0.15, -0.1) is 0 Å². The van der Waals surface area contributed by atoms with Crippen LogP contribution in [0.3, 0.4) is 0 Å². The Balaban J connectivity index is 1.41. The monoisotopic (exact) mass is 393 g/mol. The summed E-state index contributed by atoms with van der Waals surface area (Å²) >= 11 is 0. The number of anilines is 1. The van der Waals surface area contributed by atoms with Crippen LogP contribution in [0.5, 0.6) is 0 Å². The maximum absolute atomic E-state index is 12.8. The molecule has 3 aromatic heterocycles. The van der Waals surface area contributed by atoms with Gasteiger partial charge in [0.25, 0.3) is 5.56 Å². The van der Waals surface area contributed by atoms with Gasteiger partial charge in [0.1, 0.15) is 11.5 Å². The normalized spacial score (nSPS) is 21.0. The number of ether oxygens (including phenoxy) is 1. The molecule has 8 heteroatoms. The topological polar surface area (TPSA) is 86.3 Å². The van der Waals surface area contributed by atoms with Crippen LogP contribution in [0.2, 0.25) is 0 Å². The van der Waals surface area contributed by atoms with E-state index in [1.165, 1.54) is 4.68 Å². The van der Waals surface area contributed by atoms with Gasteiger partial charge in [-0.3, -0.25) is 9.78 Å². The fourth-order valence-corrected chi connectivity index (χ4v) is 4.10. The summed E-state index contributed by atoms with van der Waals surface area (Å²) < 4.78 is 12.7. The highest BCUT2D eigenvalue weighted by atomic mass is 16.5. The Morgan fingerprint density at radius 2 is 1.93 bits per heavy atom.